The second-order valence-corrected chi connectivity index (χ2v) is 6.07. The summed E-state index contributed by atoms with van der Waals surface area (Å²) < 4.78 is 23.8. The van der Waals surface area contributed by atoms with E-state index in [0.29, 0.717) is 11.4 Å². The summed E-state index contributed by atoms with van der Waals surface area (Å²) in [7, 11) is 0. The van der Waals surface area contributed by atoms with Crippen LogP contribution in [0.4, 0.5) is 14.9 Å². The number of rotatable bonds is 4. The van der Waals surface area contributed by atoms with Crippen LogP contribution in [-0.4, -0.2) is 11.7 Å². The highest BCUT2D eigenvalue weighted by atomic mass is 19.1. The number of halogens is 1. The molecule has 0 heterocycles. The Morgan fingerprint density at radius 2 is 1.83 bits per heavy atom. The summed E-state index contributed by atoms with van der Waals surface area (Å²) in [5.41, 5.74) is 0.816. The topological polar surface area (TPSA) is 47.6 Å². The van der Waals surface area contributed by atoms with Crippen LogP contribution in [0.15, 0.2) is 48.5 Å². The summed E-state index contributed by atoms with van der Waals surface area (Å²) >= 11 is 0. The van der Waals surface area contributed by atoms with Gasteiger partial charge in [0, 0.05) is 5.69 Å². The summed E-state index contributed by atoms with van der Waals surface area (Å²) in [5.74, 6) is 0.340. The zero-order valence-corrected chi connectivity index (χ0v) is 13.4. The third kappa shape index (κ3) is 5.98. The molecule has 0 aliphatic heterocycles. The fourth-order valence-corrected chi connectivity index (χ4v) is 1.85. The molecule has 0 aliphatic carbocycles. The van der Waals surface area contributed by atoms with Gasteiger partial charge in [0.05, 0.1) is 0 Å². The average molecular weight is 317 g/mol. The minimum atomic E-state index is -0.544. The van der Waals surface area contributed by atoms with Crippen LogP contribution in [0.25, 0.3) is 0 Å². The molecule has 2 aromatic carbocycles. The minimum absolute atomic E-state index is 0.274. The van der Waals surface area contributed by atoms with Crippen molar-refractivity contribution in [3.63, 3.8) is 0 Å². The molecule has 0 saturated heterocycles. The molecule has 122 valence electrons. The SMILES string of the molecule is CC(C)(C)OC(=O)Nc1ccc(OCc2cccc(F)c2)cc1. The van der Waals surface area contributed by atoms with Gasteiger partial charge in [-0.25, -0.2) is 9.18 Å². The molecule has 0 saturated carbocycles. The van der Waals surface area contributed by atoms with Gasteiger partial charge in [0.2, 0.25) is 0 Å². The highest BCUT2D eigenvalue weighted by molar-refractivity contribution is 5.84. The molecule has 0 unspecified atom stereocenters. The predicted molar refractivity (Wildman–Crippen MR) is 87.0 cm³/mol. The summed E-state index contributed by atoms with van der Waals surface area (Å²) in [6.07, 6.45) is -0.508. The van der Waals surface area contributed by atoms with Crippen molar-refractivity contribution in [1.82, 2.24) is 0 Å². The molecule has 5 heteroatoms. The van der Waals surface area contributed by atoms with E-state index in [-0.39, 0.29) is 12.4 Å². The highest BCUT2D eigenvalue weighted by Crippen LogP contribution is 2.18. The van der Waals surface area contributed by atoms with Crippen molar-refractivity contribution in [3.05, 3.63) is 59.9 Å². The van der Waals surface area contributed by atoms with Crippen LogP contribution in [0.3, 0.4) is 0 Å². The molecule has 0 aromatic heterocycles. The highest BCUT2D eigenvalue weighted by Gasteiger charge is 2.16. The van der Waals surface area contributed by atoms with Crippen molar-refractivity contribution in [2.24, 2.45) is 0 Å². The fraction of sp³-hybridized carbons (Fsp3) is 0.278. The van der Waals surface area contributed by atoms with Crippen molar-refractivity contribution in [1.29, 1.82) is 0 Å². The van der Waals surface area contributed by atoms with E-state index in [9.17, 15) is 9.18 Å². The molecule has 0 atom stereocenters. The first kappa shape index (κ1) is 16.8. The fourth-order valence-electron chi connectivity index (χ4n) is 1.85. The van der Waals surface area contributed by atoms with Gasteiger partial charge in [-0.15, -0.1) is 0 Å². The average Bonchev–Trinajstić information content (AvgIpc) is 2.44. The molecular formula is C18H20FNO3. The van der Waals surface area contributed by atoms with Crippen LogP contribution in [0.1, 0.15) is 26.3 Å². The molecule has 0 aliphatic rings. The van der Waals surface area contributed by atoms with Gasteiger partial charge in [0.1, 0.15) is 23.8 Å². The molecule has 0 fully saturated rings. The molecule has 0 spiro atoms. The third-order valence-electron chi connectivity index (χ3n) is 2.79. The Morgan fingerprint density at radius 3 is 2.43 bits per heavy atom. The number of ether oxygens (including phenoxy) is 2. The Kier molecular flexibility index (Phi) is 5.21. The van der Waals surface area contributed by atoms with Crippen molar-refractivity contribution < 1.29 is 18.7 Å². The van der Waals surface area contributed by atoms with Gasteiger partial charge in [0.25, 0.3) is 0 Å². The summed E-state index contributed by atoms with van der Waals surface area (Å²) in [6, 6.07) is 13.1. The quantitative estimate of drug-likeness (QED) is 0.885. The number of amides is 1. The van der Waals surface area contributed by atoms with Crippen LogP contribution >= 0.6 is 0 Å². The van der Waals surface area contributed by atoms with Crippen LogP contribution in [0.2, 0.25) is 0 Å². The lowest BCUT2D eigenvalue weighted by Crippen LogP contribution is -2.27. The summed E-state index contributed by atoms with van der Waals surface area (Å²) in [6.45, 7) is 5.68. The monoisotopic (exact) mass is 317 g/mol. The van der Waals surface area contributed by atoms with E-state index in [4.69, 9.17) is 9.47 Å². The van der Waals surface area contributed by atoms with Crippen molar-refractivity contribution >= 4 is 11.8 Å². The van der Waals surface area contributed by atoms with Crippen molar-refractivity contribution in [2.45, 2.75) is 33.0 Å². The standard InChI is InChI=1S/C18H20FNO3/c1-18(2,3)23-17(21)20-15-7-9-16(10-8-15)22-12-13-5-4-6-14(19)11-13/h4-11H,12H2,1-3H3,(H,20,21). The second kappa shape index (κ2) is 7.13. The molecule has 23 heavy (non-hydrogen) atoms. The van der Waals surface area contributed by atoms with Gasteiger partial charge in [-0.1, -0.05) is 12.1 Å². The zero-order chi connectivity index (χ0) is 16.9. The number of anilines is 1. The zero-order valence-electron chi connectivity index (χ0n) is 13.4. The Balaban J connectivity index is 1.88. The van der Waals surface area contributed by atoms with Gasteiger partial charge in [0.15, 0.2) is 0 Å². The number of carbonyl (C=O) groups is 1. The molecule has 1 N–H and O–H groups in total. The summed E-state index contributed by atoms with van der Waals surface area (Å²) in [4.78, 5) is 11.7. The lowest BCUT2D eigenvalue weighted by atomic mass is 10.2. The molecule has 4 nitrogen and oxygen atoms in total. The number of hydrogen-bond donors (Lipinski definition) is 1. The Hall–Kier alpha value is -2.56. The van der Waals surface area contributed by atoms with E-state index in [1.807, 2.05) is 0 Å². The van der Waals surface area contributed by atoms with E-state index in [1.165, 1.54) is 12.1 Å². The number of hydrogen-bond acceptors (Lipinski definition) is 3. The minimum Gasteiger partial charge on any atom is -0.489 e. The van der Waals surface area contributed by atoms with Crippen LogP contribution < -0.4 is 10.1 Å². The van der Waals surface area contributed by atoms with Crippen molar-refractivity contribution in [3.8, 4) is 5.75 Å². The van der Waals surface area contributed by atoms with Crippen LogP contribution in [0.5, 0.6) is 5.75 Å². The van der Waals surface area contributed by atoms with Gasteiger partial charge < -0.3 is 9.47 Å². The lowest BCUT2D eigenvalue weighted by molar-refractivity contribution is 0.0636. The van der Waals surface area contributed by atoms with E-state index in [1.54, 1.807) is 57.2 Å². The molecule has 1 amide bonds. The van der Waals surface area contributed by atoms with Gasteiger partial charge in [-0.2, -0.15) is 0 Å². The van der Waals surface area contributed by atoms with E-state index >= 15 is 0 Å². The maximum Gasteiger partial charge on any atom is 0.412 e. The van der Waals surface area contributed by atoms with Gasteiger partial charge >= 0.3 is 6.09 Å². The second-order valence-electron chi connectivity index (χ2n) is 6.07. The van der Waals surface area contributed by atoms with Crippen LogP contribution in [-0.2, 0) is 11.3 Å². The Labute approximate surface area is 135 Å². The smallest absolute Gasteiger partial charge is 0.412 e. The molecule has 0 radical (unpaired) electrons. The van der Waals surface area contributed by atoms with Gasteiger partial charge in [-0.3, -0.25) is 5.32 Å². The number of nitrogens with one attached hydrogen (secondary N) is 1. The number of benzene rings is 2. The first-order chi connectivity index (χ1) is 10.8. The first-order valence-electron chi connectivity index (χ1n) is 7.29. The summed E-state index contributed by atoms with van der Waals surface area (Å²) in [5, 5.41) is 2.64. The normalized spacial score (nSPS) is 11.0. The lowest BCUT2D eigenvalue weighted by Gasteiger charge is -2.19. The van der Waals surface area contributed by atoms with E-state index < -0.39 is 11.7 Å². The Morgan fingerprint density at radius 1 is 1.13 bits per heavy atom. The maximum atomic E-state index is 13.1. The molecule has 2 aromatic rings. The predicted octanol–water partition coefficient (Wildman–Crippen LogP) is 4.75. The van der Waals surface area contributed by atoms with E-state index in [2.05, 4.69) is 5.32 Å². The van der Waals surface area contributed by atoms with Gasteiger partial charge in [-0.05, 0) is 62.7 Å². The maximum absolute atomic E-state index is 13.1. The third-order valence-corrected chi connectivity index (χ3v) is 2.79. The number of carbonyl (C=O) groups excluding carboxylic acids is 1. The largest absolute Gasteiger partial charge is 0.489 e. The van der Waals surface area contributed by atoms with E-state index in [0.717, 1.165) is 5.56 Å². The molecule has 0 bridgehead atoms. The molecular weight excluding hydrogens is 297 g/mol. The van der Waals surface area contributed by atoms with Crippen LogP contribution in [0, 0.1) is 5.82 Å². The van der Waals surface area contributed by atoms with Crippen molar-refractivity contribution in [2.75, 3.05) is 5.32 Å². The first-order valence-corrected chi connectivity index (χ1v) is 7.29. The molecule has 2 rings (SSSR count). The Bertz CT molecular complexity index is 663.